The predicted molar refractivity (Wildman–Crippen MR) is 110 cm³/mol. The summed E-state index contributed by atoms with van der Waals surface area (Å²) in [6, 6.07) is 11.6. The van der Waals surface area contributed by atoms with Gasteiger partial charge >= 0.3 is 6.18 Å². The van der Waals surface area contributed by atoms with Gasteiger partial charge < -0.3 is 4.57 Å². The third-order valence-corrected chi connectivity index (χ3v) is 5.90. The van der Waals surface area contributed by atoms with Crippen LogP contribution in [0.4, 0.5) is 18.9 Å². The zero-order valence-electron chi connectivity index (χ0n) is 15.1. The minimum Gasteiger partial charge on any atom is -0.339 e. The molecule has 146 valence electrons. The Morgan fingerprint density at radius 3 is 2.66 bits per heavy atom. The molecule has 0 aliphatic heterocycles. The maximum absolute atomic E-state index is 13.6. The first-order valence-electron chi connectivity index (χ1n) is 8.56. The van der Waals surface area contributed by atoms with Crippen molar-refractivity contribution in [1.82, 2.24) is 9.55 Å². The van der Waals surface area contributed by atoms with E-state index in [4.69, 9.17) is 18.2 Å². The van der Waals surface area contributed by atoms with Crippen molar-refractivity contribution in [1.29, 1.82) is 0 Å². The average Bonchev–Trinajstić information content (AvgIpc) is 3.25. The number of benzene rings is 2. The van der Waals surface area contributed by atoms with Crippen molar-refractivity contribution >= 4 is 39.5 Å². The number of fused-ring (bicyclic) bond motifs is 1. The van der Waals surface area contributed by atoms with Crippen LogP contribution in [0.25, 0.3) is 26.3 Å². The number of thiazole rings is 1. The average molecular weight is 432 g/mol. The molecule has 0 unspecified atom stereocenters. The van der Waals surface area contributed by atoms with Crippen LogP contribution >= 0.6 is 22.9 Å². The molecular formula is C21H13ClF3N3S. The van der Waals surface area contributed by atoms with E-state index in [-0.39, 0.29) is 5.39 Å². The molecule has 0 N–H and O–H groups in total. The second kappa shape index (κ2) is 7.21. The Bertz CT molecular complexity index is 1260. The Morgan fingerprint density at radius 1 is 1.21 bits per heavy atom. The molecule has 2 aromatic heterocycles. The molecule has 0 aliphatic carbocycles. The first-order valence-corrected chi connectivity index (χ1v) is 9.82. The summed E-state index contributed by atoms with van der Waals surface area (Å²) < 4.78 is 42.5. The van der Waals surface area contributed by atoms with Crippen molar-refractivity contribution in [2.75, 3.05) is 0 Å². The fourth-order valence-corrected chi connectivity index (χ4v) is 4.49. The van der Waals surface area contributed by atoms with Gasteiger partial charge in [-0.2, -0.15) is 13.2 Å². The van der Waals surface area contributed by atoms with E-state index < -0.39 is 17.4 Å². The third kappa shape index (κ3) is 3.50. The highest BCUT2D eigenvalue weighted by Crippen LogP contribution is 2.42. The summed E-state index contributed by atoms with van der Waals surface area (Å²) in [6.45, 7) is 9.15. The molecule has 4 aromatic rings. The van der Waals surface area contributed by atoms with E-state index in [1.807, 2.05) is 23.6 Å². The number of rotatable bonds is 3. The van der Waals surface area contributed by atoms with E-state index in [1.165, 1.54) is 23.5 Å². The number of hydrogen-bond acceptors (Lipinski definition) is 2. The van der Waals surface area contributed by atoms with E-state index in [2.05, 4.69) is 9.83 Å². The van der Waals surface area contributed by atoms with Crippen molar-refractivity contribution in [3.63, 3.8) is 0 Å². The summed E-state index contributed by atoms with van der Waals surface area (Å²) in [5.74, 6) is 0. The summed E-state index contributed by atoms with van der Waals surface area (Å²) >= 11 is 7.67. The lowest BCUT2D eigenvalue weighted by atomic mass is 10.1. The smallest absolute Gasteiger partial charge is 0.339 e. The first kappa shape index (κ1) is 19.5. The summed E-state index contributed by atoms with van der Waals surface area (Å²) in [7, 11) is 0. The highest BCUT2D eigenvalue weighted by molar-refractivity contribution is 7.13. The van der Waals surface area contributed by atoms with Gasteiger partial charge in [-0.25, -0.2) is 9.83 Å². The van der Waals surface area contributed by atoms with Gasteiger partial charge in [-0.15, -0.1) is 11.3 Å². The van der Waals surface area contributed by atoms with Gasteiger partial charge in [0.05, 0.1) is 29.4 Å². The first-order chi connectivity index (χ1) is 13.8. The Kier molecular flexibility index (Phi) is 4.85. The molecule has 0 aliphatic rings. The minimum absolute atomic E-state index is 0.0325. The molecule has 0 saturated heterocycles. The number of nitrogens with zero attached hydrogens (tertiary/aromatic N) is 3. The van der Waals surface area contributed by atoms with Gasteiger partial charge in [-0.3, -0.25) is 0 Å². The van der Waals surface area contributed by atoms with E-state index in [0.29, 0.717) is 22.8 Å². The van der Waals surface area contributed by atoms with Crippen LogP contribution in [0.15, 0.2) is 47.8 Å². The van der Waals surface area contributed by atoms with Gasteiger partial charge in [0.25, 0.3) is 0 Å². The van der Waals surface area contributed by atoms with Crippen LogP contribution in [0.2, 0.25) is 5.02 Å². The molecule has 0 saturated carbocycles. The van der Waals surface area contributed by atoms with E-state index in [0.717, 1.165) is 16.3 Å². The molecule has 4 rings (SSSR count). The third-order valence-electron chi connectivity index (χ3n) is 4.65. The number of alkyl halides is 3. The summed E-state index contributed by atoms with van der Waals surface area (Å²) in [4.78, 5) is 7.66. The second-order valence-corrected chi connectivity index (χ2v) is 7.76. The molecule has 0 atom stereocenters. The van der Waals surface area contributed by atoms with Gasteiger partial charge in [0.1, 0.15) is 5.01 Å². The molecule has 8 heteroatoms. The Labute approximate surface area is 173 Å². The minimum atomic E-state index is -4.60. The van der Waals surface area contributed by atoms with E-state index in [9.17, 15) is 13.2 Å². The number of aromatic nitrogens is 2. The molecule has 0 fully saturated rings. The van der Waals surface area contributed by atoms with Crippen LogP contribution in [0.3, 0.4) is 0 Å². The Hall–Kier alpha value is -2.82. The fraction of sp³-hybridized carbons (Fsp3) is 0.143. The molecule has 2 aromatic carbocycles. The Balaban J connectivity index is 1.78. The predicted octanol–water partition coefficient (Wildman–Crippen LogP) is 7.34. The van der Waals surface area contributed by atoms with Crippen molar-refractivity contribution in [2.24, 2.45) is 0 Å². The fourth-order valence-electron chi connectivity index (χ4n) is 3.36. The summed E-state index contributed by atoms with van der Waals surface area (Å²) in [5.41, 5.74) is 1.36. The molecule has 0 bridgehead atoms. The summed E-state index contributed by atoms with van der Waals surface area (Å²) in [6.07, 6.45) is -4.60. The zero-order valence-corrected chi connectivity index (χ0v) is 16.7. The van der Waals surface area contributed by atoms with Crippen LogP contribution in [0.5, 0.6) is 0 Å². The van der Waals surface area contributed by atoms with Crippen LogP contribution in [-0.2, 0) is 12.7 Å². The standard InChI is InChI=1S/C21H13ClF3N3S/c1-12-9-15-18(8-7-17(26-2)19(15)21(23,24)25)28(12)10-13-11-29-20(27-13)14-5-3-4-6-16(14)22/h3-9,11H,10H2,1H3. The molecule has 3 nitrogen and oxygen atoms in total. The van der Waals surface area contributed by atoms with Crippen LogP contribution in [0, 0.1) is 13.5 Å². The largest absolute Gasteiger partial charge is 0.408 e. The van der Waals surface area contributed by atoms with E-state index in [1.54, 1.807) is 23.6 Å². The monoisotopic (exact) mass is 431 g/mol. The summed E-state index contributed by atoms with van der Waals surface area (Å²) in [5, 5.41) is 3.26. The number of hydrogen-bond donors (Lipinski definition) is 0. The molecule has 0 radical (unpaired) electrons. The van der Waals surface area contributed by atoms with Crippen LogP contribution < -0.4 is 0 Å². The molecule has 0 amide bonds. The van der Waals surface area contributed by atoms with Crippen LogP contribution in [-0.4, -0.2) is 9.55 Å². The van der Waals surface area contributed by atoms with Crippen molar-refractivity contribution in [3.8, 4) is 10.6 Å². The maximum Gasteiger partial charge on any atom is 0.408 e. The van der Waals surface area contributed by atoms with Gasteiger partial charge in [-0.05, 0) is 25.1 Å². The van der Waals surface area contributed by atoms with Gasteiger partial charge in [0.15, 0.2) is 5.69 Å². The lowest BCUT2D eigenvalue weighted by Gasteiger charge is -2.12. The number of aryl methyl sites for hydroxylation is 1. The highest BCUT2D eigenvalue weighted by Gasteiger charge is 2.36. The zero-order chi connectivity index (χ0) is 20.8. The molecule has 0 spiro atoms. The number of halogens is 4. The van der Waals surface area contributed by atoms with Crippen molar-refractivity contribution < 1.29 is 13.2 Å². The van der Waals surface area contributed by atoms with Gasteiger partial charge in [0, 0.05) is 27.5 Å². The lowest BCUT2D eigenvalue weighted by Crippen LogP contribution is -2.06. The van der Waals surface area contributed by atoms with Crippen LogP contribution in [0.1, 0.15) is 17.0 Å². The topological polar surface area (TPSA) is 22.2 Å². The quantitative estimate of drug-likeness (QED) is 0.311. The molecule has 2 heterocycles. The van der Waals surface area contributed by atoms with Gasteiger partial charge in [-0.1, -0.05) is 35.9 Å². The highest BCUT2D eigenvalue weighted by atomic mass is 35.5. The Morgan fingerprint density at radius 2 is 1.97 bits per heavy atom. The normalized spacial score (nSPS) is 11.7. The maximum atomic E-state index is 13.6. The molecule has 29 heavy (non-hydrogen) atoms. The molecular weight excluding hydrogens is 419 g/mol. The van der Waals surface area contributed by atoms with Gasteiger partial charge in [0.2, 0.25) is 0 Å². The SMILES string of the molecule is [C-]#[N+]c1ccc2c(cc(C)n2Cc2csc(-c3ccccc3Cl)n2)c1C(F)(F)F. The second-order valence-electron chi connectivity index (χ2n) is 6.50. The van der Waals surface area contributed by atoms with Crippen molar-refractivity contribution in [2.45, 2.75) is 19.6 Å². The van der Waals surface area contributed by atoms with E-state index >= 15 is 0 Å². The lowest BCUT2D eigenvalue weighted by molar-refractivity contribution is -0.135. The van der Waals surface area contributed by atoms with Crippen molar-refractivity contribution in [3.05, 3.63) is 81.2 Å².